The summed E-state index contributed by atoms with van der Waals surface area (Å²) in [6.45, 7) is 1.54. The van der Waals surface area contributed by atoms with Gasteiger partial charge in [-0.1, -0.05) is 19.1 Å². The average molecular weight is 489 g/mol. The van der Waals surface area contributed by atoms with Crippen molar-refractivity contribution in [3.05, 3.63) is 65.0 Å². The molecule has 34 heavy (non-hydrogen) atoms. The minimum absolute atomic E-state index is 0. The van der Waals surface area contributed by atoms with Crippen LogP contribution < -0.4 is 44.7 Å². The first-order chi connectivity index (χ1) is 15.7. The number of nitrogens with zero attached hydrogens (tertiary/aromatic N) is 5. The van der Waals surface area contributed by atoms with E-state index >= 15 is 0 Å². The van der Waals surface area contributed by atoms with Crippen LogP contribution in [0.2, 0.25) is 0 Å². The van der Waals surface area contributed by atoms with Gasteiger partial charge >= 0.3 is 29.6 Å². The number of hydrogen-bond acceptors (Lipinski definition) is 8. The van der Waals surface area contributed by atoms with Gasteiger partial charge < -0.3 is 24.6 Å². The molecule has 3 aromatic rings. The second kappa shape index (κ2) is 10.1. The predicted octanol–water partition coefficient (Wildman–Crippen LogP) is 0.581. The van der Waals surface area contributed by atoms with E-state index in [1.807, 2.05) is 30.1 Å². The Balaban J connectivity index is 0.00000324. The van der Waals surface area contributed by atoms with Gasteiger partial charge in [-0.15, -0.1) is 0 Å². The normalized spacial score (nSPS) is 12.7. The van der Waals surface area contributed by atoms with Gasteiger partial charge in [0.05, 0.1) is 28.3 Å². The molecule has 0 aliphatic carbocycles. The number of amides is 2. The molecule has 1 aliphatic rings. The van der Waals surface area contributed by atoms with Crippen LogP contribution in [0.5, 0.6) is 0 Å². The summed E-state index contributed by atoms with van der Waals surface area (Å²) in [4.78, 5) is 36.4. The second-order valence-corrected chi connectivity index (χ2v) is 8.91. The Morgan fingerprint density at radius 2 is 1.71 bits per heavy atom. The van der Waals surface area contributed by atoms with E-state index in [-0.39, 0.29) is 52.7 Å². The van der Waals surface area contributed by atoms with E-state index in [4.69, 9.17) is 0 Å². The van der Waals surface area contributed by atoms with Crippen molar-refractivity contribution in [1.29, 1.82) is 0 Å². The minimum Gasteiger partial charge on any atom is -0.542 e. The van der Waals surface area contributed by atoms with Crippen LogP contribution in [0.1, 0.15) is 23.7 Å². The topological polar surface area (TPSA) is 127 Å². The summed E-state index contributed by atoms with van der Waals surface area (Å²) >= 11 is 0. The van der Waals surface area contributed by atoms with Crippen LogP contribution in [0.4, 0.5) is 28.8 Å². The first kappa shape index (κ1) is 25.6. The zero-order valence-corrected chi connectivity index (χ0v) is 22.0. The van der Waals surface area contributed by atoms with Gasteiger partial charge in [0.1, 0.15) is 15.7 Å². The number of aromatic nitrogens is 2. The van der Waals surface area contributed by atoms with E-state index in [0.717, 1.165) is 5.69 Å². The van der Waals surface area contributed by atoms with Crippen molar-refractivity contribution in [2.45, 2.75) is 18.2 Å². The van der Waals surface area contributed by atoms with Crippen LogP contribution in [-0.2, 0) is 14.8 Å². The van der Waals surface area contributed by atoms with Gasteiger partial charge in [0.15, 0.2) is 5.82 Å². The third-order valence-electron chi connectivity index (χ3n) is 5.16. The van der Waals surface area contributed by atoms with E-state index in [1.165, 1.54) is 29.2 Å². The van der Waals surface area contributed by atoms with E-state index in [9.17, 15) is 18.0 Å². The standard InChI is InChI=1S/C22H22N6O4S.Na/c1-4-19(29)26-33(31,32)15-11-9-14(10-12-15)24-22-23-13-18-20(25-22)27(2)17-8-6-5-7-16(17)21(30)28(18)3;/h5-13H,4H2,1-3H3,(H2,23,24,25,26,29);/q;+1/p-1. The van der Waals surface area contributed by atoms with Crippen LogP contribution in [-0.4, -0.2) is 44.3 Å². The van der Waals surface area contributed by atoms with Gasteiger partial charge in [-0.25, -0.2) is 13.4 Å². The number of sulfonamides is 1. The molecular formula is C22H21N6NaO4S. The summed E-state index contributed by atoms with van der Waals surface area (Å²) in [6.07, 6.45) is 1.56. The third kappa shape index (κ3) is 4.92. The number of fused-ring (bicyclic) bond motifs is 2. The van der Waals surface area contributed by atoms with E-state index in [0.29, 0.717) is 22.8 Å². The monoisotopic (exact) mass is 488 g/mol. The summed E-state index contributed by atoms with van der Waals surface area (Å²) in [5.41, 5.74) is 2.36. The summed E-state index contributed by atoms with van der Waals surface area (Å²) in [5, 5.41) is 3.03. The predicted molar refractivity (Wildman–Crippen MR) is 125 cm³/mol. The van der Waals surface area contributed by atoms with Gasteiger partial charge in [0.2, 0.25) is 5.95 Å². The Bertz CT molecular complexity index is 1350. The van der Waals surface area contributed by atoms with Crippen LogP contribution in [0.3, 0.4) is 0 Å². The van der Waals surface area contributed by atoms with E-state index in [2.05, 4.69) is 20.0 Å². The molecule has 0 spiro atoms. The van der Waals surface area contributed by atoms with Crippen LogP contribution >= 0.6 is 0 Å². The maximum absolute atomic E-state index is 12.9. The number of hydrogen-bond donors (Lipinski definition) is 1. The number of carbonyl (C=O) groups excluding carboxylic acids is 2. The number of anilines is 5. The number of benzene rings is 2. The molecule has 2 aromatic carbocycles. The molecule has 1 N–H and O–H groups in total. The maximum Gasteiger partial charge on any atom is 1.00 e. The summed E-state index contributed by atoms with van der Waals surface area (Å²) in [6, 6.07) is 13.0. The Kier molecular flexibility index (Phi) is 7.61. The van der Waals surface area contributed by atoms with Crippen LogP contribution in [0.15, 0.2) is 59.6 Å². The molecule has 0 saturated carbocycles. The van der Waals surface area contributed by atoms with Crippen molar-refractivity contribution in [1.82, 2.24) is 9.97 Å². The molecule has 2 heterocycles. The van der Waals surface area contributed by atoms with Crippen LogP contribution in [0.25, 0.3) is 4.72 Å². The SMILES string of the molecule is CCC(=O)[N-]S(=O)(=O)c1ccc(Nc2ncc3c(n2)N(C)c2ccccc2C(=O)N3C)cc1.[Na+]. The zero-order valence-electron chi connectivity index (χ0n) is 19.2. The second-order valence-electron chi connectivity index (χ2n) is 7.31. The number of nitrogens with one attached hydrogen (secondary N) is 1. The Morgan fingerprint density at radius 3 is 2.38 bits per heavy atom. The molecule has 4 rings (SSSR count). The molecule has 12 heteroatoms. The molecule has 0 radical (unpaired) electrons. The van der Waals surface area contributed by atoms with Gasteiger partial charge in [-0.3, -0.25) is 4.79 Å². The van der Waals surface area contributed by atoms with Crippen molar-refractivity contribution in [2.75, 3.05) is 29.2 Å². The largest absolute Gasteiger partial charge is 1.00 e. The van der Waals surface area contributed by atoms with Crippen molar-refractivity contribution >= 4 is 50.7 Å². The first-order valence-corrected chi connectivity index (χ1v) is 11.5. The van der Waals surface area contributed by atoms with Gasteiger partial charge in [0.25, 0.3) is 5.91 Å². The fourth-order valence-corrected chi connectivity index (χ4v) is 4.33. The summed E-state index contributed by atoms with van der Waals surface area (Å²) < 4.78 is 27.6. The Morgan fingerprint density at radius 1 is 1.03 bits per heavy atom. The molecule has 1 aliphatic heterocycles. The molecule has 1 aromatic heterocycles. The summed E-state index contributed by atoms with van der Waals surface area (Å²) in [7, 11) is -0.563. The van der Waals surface area contributed by atoms with Crippen molar-refractivity contribution in [3.63, 3.8) is 0 Å². The minimum atomic E-state index is -4.05. The molecule has 170 valence electrons. The smallest absolute Gasteiger partial charge is 0.542 e. The molecular weight excluding hydrogens is 467 g/mol. The number of rotatable bonds is 5. The van der Waals surface area contributed by atoms with E-state index < -0.39 is 15.9 Å². The van der Waals surface area contributed by atoms with E-state index in [1.54, 1.807) is 26.2 Å². The van der Waals surface area contributed by atoms with Gasteiger partial charge in [-0.2, -0.15) is 4.98 Å². The van der Waals surface area contributed by atoms with Crippen molar-refractivity contribution in [3.8, 4) is 0 Å². The number of carbonyl (C=O) groups is 2. The maximum atomic E-state index is 12.9. The quantitative estimate of drug-likeness (QED) is 0.517. The van der Waals surface area contributed by atoms with Crippen molar-refractivity contribution in [2.24, 2.45) is 0 Å². The van der Waals surface area contributed by atoms with Crippen molar-refractivity contribution < 1.29 is 47.6 Å². The fourth-order valence-electron chi connectivity index (χ4n) is 3.35. The molecule has 0 saturated heterocycles. The summed E-state index contributed by atoms with van der Waals surface area (Å²) in [5.74, 6) is -0.0688. The molecule has 0 bridgehead atoms. The van der Waals surface area contributed by atoms with Gasteiger partial charge in [0, 0.05) is 19.8 Å². The number of para-hydroxylation sites is 1. The Hall–Kier alpha value is -2.99. The molecule has 0 fully saturated rings. The first-order valence-electron chi connectivity index (χ1n) is 10.1. The molecule has 0 atom stereocenters. The molecule has 2 amide bonds. The van der Waals surface area contributed by atoms with Crippen LogP contribution in [0, 0.1) is 0 Å². The molecule has 10 nitrogen and oxygen atoms in total. The third-order valence-corrected chi connectivity index (χ3v) is 6.47. The fraction of sp³-hybridized carbons (Fsp3) is 0.182. The Labute approximate surface area is 219 Å². The zero-order chi connectivity index (χ0) is 23.8. The van der Waals surface area contributed by atoms with Gasteiger partial charge in [-0.05, 0) is 42.8 Å². The average Bonchev–Trinajstić information content (AvgIpc) is 2.89. The molecule has 0 unspecified atom stereocenters.